The van der Waals surface area contributed by atoms with Crippen molar-refractivity contribution in [1.82, 2.24) is 14.8 Å². The van der Waals surface area contributed by atoms with Crippen LogP contribution in [0.25, 0.3) is 5.70 Å². The second kappa shape index (κ2) is 3.94. The van der Waals surface area contributed by atoms with E-state index in [1.807, 2.05) is 23.6 Å². The fourth-order valence-electron chi connectivity index (χ4n) is 1.41. The van der Waals surface area contributed by atoms with Crippen molar-refractivity contribution in [2.45, 2.75) is 4.90 Å². The maximum Gasteiger partial charge on any atom is 0.138 e. The minimum Gasteiger partial charge on any atom is -0.253 e. The van der Waals surface area contributed by atoms with Crippen molar-refractivity contribution in [2.24, 2.45) is 4.99 Å². The van der Waals surface area contributed by atoms with Crippen LogP contribution in [0.15, 0.2) is 52.2 Å². The number of benzene rings is 1. The van der Waals surface area contributed by atoms with Crippen LogP contribution in [0.1, 0.15) is 0 Å². The van der Waals surface area contributed by atoms with E-state index in [1.165, 1.54) is 6.33 Å². The first-order chi connectivity index (χ1) is 7.93. The van der Waals surface area contributed by atoms with Crippen molar-refractivity contribution in [3.63, 3.8) is 0 Å². The Morgan fingerprint density at radius 3 is 3.00 bits per heavy atom. The molecule has 0 radical (unpaired) electrons. The largest absolute Gasteiger partial charge is 0.253 e. The van der Waals surface area contributed by atoms with Gasteiger partial charge >= 0.3 is 0 Å². The summed E-state index contributed by atoms with van der Waals surface area (Å²) in [7, 11) is 0. The highest BCUT2D eigenvalue weighted by atomic mass is 32.2. The zero-order valence-electron chi connectivity index (χ0n) is 8.32. The Hall–Kier alpha value is -1.88. The predicted octanol–water partition coefficient (Wildman–Crippen LogP) is 2.58. The fraction of sp³-hybridized carbons (Fsp3) is 0. The van der Waals surface area contributed by atoms with Crippen LogP contribution >= 0.6 is 11.8 Å². The monoisotopic (exact) mass is 228 g/mol. The molecule has 1 aliphatic rings. The van der Waals surface area contributed by atoms with E-state index < -0.39 is 0 Å². The maximum absolute atomic E-state index is 4.42. The first-order valence-corrected chi connectivity index (χ1v) is 5.66. The van der Waals surface area contributed by atoms with Gasteiger partial charge in [0.2, 0.25) is 0 Å². The van der Waals surface area contributed by atoms with Gasteiger partial charge < -0.3 is 0 Å². The molecule has 3 rings (SSSR count). The van der Waals surface area contributed by atoms with E-state index in [9.17, 15) is 0 Å². The Morgan fingerprint density at radius 2 is 2.12 bits per heavy atom. The molecule has 0 aliphatic carbocycles. The zero-order chi connectivity index (χ0) is 10.8. The number of thioether (sulfide) groups is 1. The van der Waals surface area contributed by atoms with Crippen molar-refractivity contribution in [2.75, 3.05) is 0 Å². The lowest BCUT2D eigenvalue weighted by atomic mass is 10.3. The summed E-state index contributed by atoms with van der Waals surface area (Å²) in [6, 6.07) is 8.04. The van der Waals surface area contributed by atoms with E-state index >= 15 is 0 Å². The standard InChI is InChI=1S/C11H8N4S/c1-2-4-11-10(3-1)13-5-9(6-16-11)15-8-12-7-14-15/h1-8H. The van der Waals surface area contributed by atoms with Gasteiger partial charge in [-0.15, -0.1) is 0 Å². The average Bonchev–Trinajstić information content (AvgIpc) is 2.76. The molecule has 2 heterocycles. The van der Waals surface area contributed by atoms with Crippen LogP contribution in [-0.4, -0.2) is 21.0 Å². The van der Waals surface area contributed by atoms with Crippen LogP contribution in [-0.2, 0) is 0 Å². The molecule has 5 heteroatoms. The molecule has 0 spiro atoms. The third kappa shape index (κ3) is 1.65. The average molecular weight is 228 g/mol. The molecule has 1 aromatic heterocycles. The van der Waals surface area contributed by atoms with Gasteiger partial charge in [0.15, 0.2) is 0 Å². The van der Waals surface area contributed by atoms with Crippen LogP contribution in [0.4, 0.5) is 5.69 Å². The highest BCUT2D eigenvalue weighted by molar-refractivity contribution is 8.02. The van der Waals surface area contributed by atoms with Crippen LogP contribution in [0.3, 0.4) is 0 Å². The molecule has 0 N–H and O–H groups in total. The summed E-state index contributed by atoms with van der Waals surface area (Å²) < 4.78 is 1.70. The van der Waals surface area contributed by atoms with E-state index in [4.69, 9.17) is 0 Å². The first-order valence-electron chi connectivity index (χ1n) is 4.78. The highest BCUT2D eigenvalue weighted by Crippen LogP contribution is 2.33. The number of nitrogens with zero attached hydrogens (tertiary/aromatic N) is 4. The van der Waals surface area contributed by atoms with Gasteiger partial charge in [-0.05, 0) is 12.1 Å². The van der Waals surface area contributed by atoms with E-state index in [2.05, 4.69) is 21.1 Å². The first kappa shape index (κ1) is 9.35. The molecular weight excluding hydrogens is 220 g/mol. The lowest BCUT2D eigenvalue weighted by Crippen LogP contribution is -1.97. The minimum absolute atomic E-state index is 0.915. The second-order valence-electron chi connectivity index (χ2n) is 3.23. The quantitative estimate of drug-likeness (QED) is 0.753. The van der Waals surface area contributed by atoms with Gasteiger partial charge in [-0.25, -0.2) is 9.67 Å². The SMILES string of the molecule is C1=Nc2ccccc2SC=C1n1cncn1. The van der Waals surface area contributed by atoms with Gasteiger partial charge in [0.25, 0.3) is 0 Å². The smallest absolute Gasteiger partial charge is 0.138 e. The van der Waals surface area contributed by atoms with Gasteiger partial charge in [0.1, 0.15) is 12.7 Å². The molecule has 78 valence electrons. The number of aliphatic imine (C=N–C) groups is 1. The Kier molecular flexibility index (Phi) is 2.30. The highest BCUT2D eigenvalue weighted by Gasteiger charge is 2.06. The van der Waals surface area contributed by atoms with Crippen LogP contribution in [0.5, 0.6) is 0 Å². The van der Waals surface area contributed by atoms with E-state index in [0.29, 0.717) is 0 Å². The van der Waals surface area contributed by atoms with Crippen LogP contribution < -0.4 is 0 Å². The second-order valence-corrected chi connectivity index (χ2v) is 4.14. The third-order valence-corrected chi connectivity index (χ3v) is 3.15. The summed E-state index contributed by atoms with van der Waals surface area (Å²) in [5.41, 5.74) is 1.90. The summed E-state index contributed by atoms with van der Waals surface area (Å²) in [5, 5.41) is 6.09. The molecular formula is C11H8N4S. The molecule has 0 unspecified atom stereocenters. The number of allylic oxidation sites excluding steroid dienone is 1. The number of hydrogen-bond donors (Lipinski definition) is 0. The molecule has 0 bridgehead atoms. The summed E-state index contributed by atoms with van der Waals surface area (Å²) in [6.07, 6.45) is 4.97. The molecule has 1 aromatic carbocycles. The molecule has 0 atom stereocenters. The van der Waals surface area contributed by atoms with Gasteiger partial charge in [-0.1, -0.05) is 23.9 Å². The Bertz CT molecular complexity index is 557. The molecule has 0 saturated heterocycles. The van der Waals surface area contributed by atoms with E-state index in [0.717, 1.165) is 16.3 Å². The third-order valence-electron chi connectivity index (χ3n) is 2.19. The zero-order valence-corrected chi connectivity index (χ0v) is 9.13. The topological polar surface area (TPSA) is 43.1 Å². The van der Waals surface area contributed by atoms with Gasteiger partial charge in [0, 0.05) is 10.3 Å². The molecule has 4 nitrogen and oxygen atoms in total. The Morgan fingerprint density at radius 1 is 1.19 bits per heavy atom. The minimum atomic E-state index is 0.915. The molecule has 0 amide bonds. The molecule has 16 heavy (non-hydrogen) atoms. The van der Waals surface area contributed by atoms with Crippen molar-refractivity contribution < 1.29 is 0 Å². The number of hydrogen-bond acceptors (Lipinski definition) is 4. The van der Waals surface area contributed by atoms with Crippen molar-refractivity contribution in [3.8, 4) is 0 Å². The van der Waals surface area contributed by atoms with Crippen LogP contribution in [0.2, 0.25) is 0 Å². The fourth-order valence-corrected chi connectivity index (χ4v) is 2.22. The lowest BCUT2D eigenvalue weighted by Gasteiger charge is -1.98. The van der Waals surface area contributed by atoms with Gasteiger partial charge in [-0.3, -0.25) is 4.99 Å². The number of para-hydroxylation sites is 1. The molecule has 1 aliphatic heterocycles. The van der Waals surface area contributed by atoms with Gasteiger partial charge in [-0.2, -0.15) is 5.10 Å². The molecule has 0 saturated carbocycles. The Labute approximate surface area is 96.7 Å². The van der Waals surface area contributed by atoms with E-state index in [-0.39, 0.29) is 0 Å². The summed E-state index contributed by atoms with van der Waals surface area (Å²) >= 11 is 1.64. The molecule has 0 fully saturated rings. The summed E-state index contributed by atoms with van der Waals surface area (Å²) in [5.74, 6) is 0. The summed E-state index contributed by atoms with van der Waals surface area (Å²) in [4.78, 5) is 9.49. The normalized spacial score (nSPS) is 14.1. The van der Waals surface area contributed by atoms with Crippen molar-refractivity contribution in [3.05, 3.63) is 42.3 Å². The van der Waals surface area contributed by atoms with Gasteiger partial charge in [0.05, 0.1) is 17.6 Å². The van der Waals surface area contributed by atoms with Crippen LogP contribution in [0, 0.1) is 0 Å². The van der Waals surface area contributed by atoms with Crippen molar-refractivity contribution in [1.29, 1.82) is 0 Å². The number of aromatic nitrogens is 3. The lowest BCUT2D eigenvalue weighted by molar-refractivity contribution is 0.920. The number of fused-ring (bicyclic) bond motifs is 1. The number of rotatable bonds is 1. The maximum atomic E-state index is 4.42. The van der Waals surface area contributed by atoms with E-state index in [1.54, 1.807) is 29.0 Å². The Balaban J connectivity index is 2.01. The van der Waals surface area contributed by atoms with Crippen molar-refractivity contribution >= 4 is 29.4 Å². The molecule has 2 aromatic rings. The predicted molar refractivity (Wildman–Crippen MR) is 64.7 cm³/mol. The summed E-state index contributed by atoms with van der Waals surface area (Å²) in [6.45, 7) is 0.